The molecule has 0 unspecified atom stereocenters. The number of hydrogen-bond acceptors (Lipinski definition) is 5. The summed E-state index contributed by atoms with van der Waals surface area (Å²) < 4.78 is 18.2. The van der Waals surface area contributed by atoms with Crippen molar-refractivity contribution in [3.63, 3.8) is 0 Å². The molecular weight excluding hydrogens is 320 g/mol. The first-order chi connectivity index (χ1) is 11.8. The molecule has 6 heteroatoms. The largest absolute Gasteiger partial charge is 0.501 e. The molecule has 0 bridgehead atoms. The van der Waals surface area contributed by atoms with E-state index < -0.39 is 8.80 Å². The molecule has 5 nitrogen and oxygen atoms in total. The first-order valence-electron chi connectivity index (χ1n) is 9.13. The highest BCUT2D eigenvalue weighted by Crippen LogP contribution is 2.20. The lowest BCUT2D eigenvalue weighted by Gasteiger charge is -2.29. The maximum atomic E-state index is 6.18. The lowest BCUT2D eigenvalue weighted by molar-refractivity contribution is 0.0659. The van der Waals surface area contributed by atoms with E-state index in [0.29, 0.717) is 26.4 Å². The molecule has 0 radical (unpaired) electrons. The van der Waals surface area contributed by atoms with Gasteiger partial charge in [-0.15, -0.1) is 0 Å². The number of hydrogen-bond donors (Lipinski definition) is 2. The van der Waals surface area contributed by atoms with Gasteiger partial charge in [-0.25, -0.2) is 0 Å². The van der Waals surface area contributed by atoms with E-state index in [-0.39, 0.29) is 0 Å². The van der Waals surface area contributed by atoms with E-state index in [1.165, 1.54) is 5.56 Å². The maximum absolute atomic E-state index is 6.18. The summed E-state index contributed by atoms with van der Waals surface area (Å²) in [7, 11) is -2.59. The highest BCUT2D eigenvalue weighted by atomic mass is 28.4. The van der Waals surface area contributed by atoms with Crippen LogP contribution in [0, 0.1) is 0 Å². The van der Waals surface area contributed by atoms with Crippen molar-refractivity contribution >= 4 is 8.80 Å². The first kappa shape index (κ1) is 21.3. The van der Waals surface area contributed by atoms with Gasteiger partial charge in [-0.3, -0.25) is 0 Å². The molecule has 0 atom stereocenters. The summed E-state index contributed by atoms with van der Waals surface area (Å²) >= 11 is 0. The molecule has 0 saturated heterocycles. The van der Waals surface area contributed by atoms with Crippen LogP contribution < -0.4 is 11.1 Å². The van der Waals surface area contributed by atoms with Gasteiger partial charge in [-0.1, -0.05) is 30.3 Å². The third-order valence-electron chi connectivity index (χ3n) is 3.68. The van der Waals surface area contributed by atoms with Gasteiger partial charge >= 0.3 is 8.80 Å². The highest BCUT2D eigenvalue weighted by molar-refractivity contribution is 6.60. The smallest absolute Gasteiger partial charge is 0.374 e. The Morgan fingerprint density at radius 2 is 1.67 bits per heavy atom. The van der Waals surface area contributed by atoms with Crippen molar-refractivity contribution in [2.75, 3.05) is 39.5 Å². The van der Waals surface area contributed by atoms with Gasteiger partial charge in [-0.2, -0.15) is 0 Å². The van der Waals surface area contributed by atoms with Gasteiger partial charge in [0.15, 0.2) is 0 Å². The van der Waals surface area contributed by atoms with Gasteiger partial charge in [0.1, 0.15) is 0 Å². The lowest BCUT2D eigenvalue weighted by atomic mass is 10.2. The normalized spacial score (nSPS) is 11.8. The molecule has 3 N–H and O–H groups in total. The average Bonchev–Trinajstić information content (AvgIpc) is 2.61. The van der Waals surface area contributed by atoms with Crippen molar-refractivity contribution in [3.8, 4) is 0 Å². The summed E-state index contributed by atoms with van der Waals surface area (Å²) in [5, 5.41) is 3.30. The van der Waals surface area contributed by atoms with E-state index in [1.54, 1.807) is 0 Å². The van der Waals surface area contributed by atoms with Crippen LogP contribution in [0.1, 0.15) is 32.3 Å². The molecule has 0 aliphatic carbocycles. The Balaban J connectivity index is 2.45. The Kier molecular flexibility index (Phi) is 12.0. The molecule has 0 saturated carbocycles. The van der Waals surface area contributed by atoms with Gasteiger partial charge in [0.25, 0.3) is 0 Å². The zero-order valence-corrected chi connectivity index (χ0v) is 16.3. The summed E-state index contributed by atoms with van der Waals surface area (Å²) in [5.74, 6) is 0. The zero-order chi connectivity index (χ0) is 17.5. The summed E-state index contributed by atoms with van der Waals surface area (Å²) in [5.41, 5.74) is 6.75. The molecule has 0 fully saturated rings. The van der Waals surface area contributed by atoms with E-state index in [1.807, 2.05) is 19.9 Å². The summed E-state index contributed by atoms with van der Waals surface area (Å²) in [4.78, 5) is 0. The molecular formula is C18H34N2O3Si. The van der Waals surface area contributed by atoms with E-state index >= 15 is 0 Å². The van der Waals surface area contributed by atoms with Crippen molar-refractivity contribution in [1.82, 2.24) is 5.32 Å². The third-order valence-corrected chi connectivity index (χ3v) is 6.65. The lowest BCUT2D eigenvalue weighted by Crippen LogP contribution is -2.46. The zero-order valence-electron chi connectivity index (χ0n) is 15.3. The molecule has 0 aromatic heterocycles. The Labute approximate surface area is 148 Å². The second-order valence-corrected chi connectivity index (χ2v) is 8.36. The molecule has 1 rings (SSSR count). The van der Waals surface area contributed by atoms with Crippen LogP contribution >= 0.6 is 0 Å². The Morgan fingerprint density at radius 3 is 2.29 bits per heavy atom. The van der Waals surface area contributed by atoms with Crippen molar-refractivity contribution in [2.45, 2.75) is 39.2 Å². The number of rotatable bonds is 15. The van der Waals surface area contributed by atoms with E-state index in [0.717, 1.165) is 38.4 Å². The quantitative estimate of drug-likeness (QED) is 0.374. The number of nitrogens with one attached hydrogen (secondary N) is 1. The molecule has 1 aromatic rings. The highest BCUT2D eigenvalue weighted by Gasteiger charge is 2.40. The number of benzene rings is 1. The summed E-state index contributed by atoms with van der Waals surface area (Å²) in [6.07, 6.45) is 2.99. The van der Waals surface area contributed by atoms with Crippen LogP contribution in [0.15, 0.2) is 30.3 Å². The second kappa shape index (κ2) is 13.5. The van der Waals surface area contributed by atoms with Crippen molar-refractivity contribution in [1.29, 1.82) is 0 Å². The van der Waals surface area contributed by atoms with Crippen LogP contribution in [0.2, 0.25) is 6.04 Å². The van der Waals surface area contributed by atoms with E-state index in [9.17, 15) is 0 Å². The van der Waals surface area contributed by atoms with E-state index in [4.69, 9.17) is 19.0 Å². The number of aryl methyl sites for hydroxylation is 1. The fourth-order valence-electron chi connectivity index (χ4n) is 2.53. The van der Waals surface area contributed by atoms with E-state index in [2.05, 4.69) is 29.6 Å². The molecule has 138 valence electrons. The molecule has 0 amide bonds. The topological polar surface area (TPSA) is 65.7 Å². The Morgan fingerprint density at radius 1 is 0.958 bits per heavy atom. The molecule has 0 aliphatic heterocycles. The van der Waals surface area contributed by atoms with Crippen LogP contribution in [0.5, 0.6) is 0 Å². The predicted molar refractivity (Wildman–Crippen MR) is 101 cm³/mol. The van der Waals surface area contributed by atoms with Gasteiger partial charge in [0, 0.05) is 39.0 Å². The Hall–Kier alpha value is -0.763. The predicted octanol–water partition coefficient (Wildman–Crippen LogP) is 2.59. The SMILES string of the molecule is CCO[Si](CCc1ccccc1)(OCC)OCCCCNCCN. The number of nitrogens with two attached hydrogens (primary N) is 1. The maximum Gasteiger partial charge on any atom is 0.501 e. The molecule has 24 heavy (non-hydrogen) atoms. The average molecular weight is 355 g/mol. The van der Waals surface area contributed by atoms with Crippen LogP contribution in [0.3, 0.4) is 0 Å². The van der Waals surface area contributed by atoms with Gasteiger partial charge < -0.3 is 24.3 Å². The van der Waals surface area contributed by atoms with Crippen LogP contribution in [-0.2, 0) is 19.7 Å². The Bertz CT molecular complexity index is 401. The minimum atomic E-state index is -2.59. The summed E-state index contributed by atoms with van der Waals surface area (Å²) in [6.45, 7) is 8.47. The minimum absolute atomic E-state index is 0.624. The van der Waals surface area contributed by atoms with Crippen LogP contribution in [0.25, 0.3) is 0 Å². The first-order valence-corrected chi connectivity index (χ1v) is 11.1. The van der Waals surface area contributed by atoms with Gasteiger partial charge in [0.05, 0.1) is 0 Å². The van der Waals surface area contributed by atoms with Crippen molar-refractivity contribution < 1.29 is 13.3 Å². The molecule has 0 aliphatic rings. The standard InChI is InChI=1S/C18H34N2O3Si/c1-3-21-24(22-4-2,17-12-18-10-6-5-7-11-18)23-16-9-8-14-20-15-13-19/h5-7,10-11,20H,3-4,8-9,12-17,19H2,1-2H3. The van der Waals surface area contributed by atoms with Crippen LogP contribution in [0.4, 0.5) is 0 Å². The second-order valence-electron chi connectivity index (χ2n) is 5.63. The molecule has 0 spiro atoms. The van der Waals surface area contributed by atoms with Crippen molar-refractivity contribution in [3.05, 3.63) is 35.9 Å². The monoisotopic (exact) mass is 354 g/mol. The number of unbranched alkanes of at least 4 members (excludes halogenated alkanes) is 1. The minimum Gasteiger partial charge on any atom is -0.374 e. The summed E-state index contributed by atoms with van der Waals surface area (Å²) in [6, 6.07) is 11.3. The van der Waals surface area contributed by atoms with Crippen molar-refractivity contribution in [2.24, 2.45) is 5.73 Å². The molecule has 0 heterocycles. The fourth-order valence-corrected chi connectivity index (χ4v) is 5.14. The van der Waals surface area contributed by atoms with Gasteiger partial charge in [0.2, 0.25) is 0 Å². The van der Waals surface area contributed by atoms with Gasteiger partial charge in [-0.05, 0) is 45.2 Å². The fraction of sp³-hybridized carbons (Fsp3) is 0.667. The third kappa shape index (κ3) is 8.91. The molecule has 1 aromatic carbocycles. The van der Waals surface area contributed by atoms with Crippen LogP contribution in [-0.4, -0.2) is 48.3 Å².